The number of hydrogen-bond donors (Lipinski definition) is 7. The molecule has 1 aromatic heterocycles. The summed E-state index contributed by atoms with van der Waals surface area (Å²) in [7, 11) is 1.51. The van der Waals surface area contributed by atoms with Crippen LogP contribution >= 0.6 is 0 Å². The number of phenolic OH excluding ortho intramolecular Hbond substituents is 1. The van der Waals surface area contributed by atoms with Gasteiger partial charge in [-0.15, -0.1) is 0 Å². The largest absolute Gasteiger partial charge is 0.506 e. The van der Waals surface area contributed by atoms with E-state index in [4.69, 9.17) is 9.47 Å². The van der Waals surface area contributed by atoms with Gasteiger partial charge in [0.1, 0.15) is 30.3 Å². The number of nitrogens with one attached hydrogen (secondary N) is 4. The van der Waals surface area contributed by atoms with Crippen molar-refractivity contribution < 1.29 is 44.0 Å². The molecular formula is C47H52N6O10. The quantitative estimate of drug-likeness (QED) is 0.0620. The van der Waals surface area contributed by atoms with Gasteiger partial charge in [0.05, 0.1) is 24.1 Å². The standard InChI is InChI=1S/C47H52N6O10/c1-52(23-20-48-26-39(55)35-14-16-38(54)44-36(35)15-17-41(56)50-44)42(57)25-37(46(59)60)49-45(58)32-12-10-29(11-13-32)28-62-34-9-5-8-33(24-34)43(31-6-3-2-4-7-31)51-47(61)63-40-27-53-21-18-30(40)19-22-53/h2-17,24,30,37,39-40,43,48,54-55H,18-23,25-28H2,1H3,(H,49,58)(H,50,56)(H,51,61)(H,59,60)/t37?,39-,40+,43?/m1/s1. The second kappa shape index (κ2) is 20.4. The van der Waals surface area contributed by atoms with Gasteiger partial charge in [-0.1, -0.05) is 60.7 Å². The normalized spacial score (nSPS) is 18.2. The van der Waals surface area contributed by atoms with E-state index < -0.39 is 48.5 Å². The number of alkyl carbamates (subject to hydrolysis) is 1. The average molecular weight is 861 g/mol. The summed E-state index contributed by atoms with van der Waals surface area (Å²) in [6.07, 6.45) is 0.00370. The van der Waals surface area contributed by atoms with Crippen LogP contribution in [0, 0.1) is 5.92 Å². The van der Waals surface area contributed by atoms with Crippen LogP contribution in [0.1, 0.15) is 64.0 Å². The lowest BCUT2D eigenvalue weighted by Crippen LogP contribution is -2.52. The smallest absolute Gasteiger partial charge is 0.408 e. The maximum Gasteiger partial charge on any atom is 0.408 e. The number of amides is 3. The van der Waals surface area contributed by atoms with Crippen molar-refractivity contribution >= 4 is 34.8 Å². The molecule has 4 aromatic carbocycles. The van der Waals surface area contributed by atoms with Gasteiger partial charge in [0.15, 0.2) is 0 Å². The Morgan fingerprint density at radius 2 is 1.65 bits per heavy atom. The first-order chi connectivity index (χ1) is 30.4. The van der Waals surface area contributed by atoms with E-state index in [0.29, 0.717) is 22.6 Å². The van der Waals surface area contributed by atoms with Crippen molar-refractivity contribution in [3.63, 3.8) is 0 Å². The number of hydrogen-bond acceptors (Lipinski definition) is 11. The van der Waals surface area contributed by atoms with Crippen molar-refractivity contribution in [2.75, 3.05) is 46.3 Å². The summed E-state index contributed by atoms with van der Waals surface area (Å²) >= 11 is 0. The summed E-state index contributed by atoms with van der Waals surface area (Å²) in [6.45, 7) is 3.57. The summed E-state index contributed by atoms with van der Waals surface area (Å²) in [4.78, 5) is 69.4. The number of aliphatic hydroxyl groups excluding tert-OH is 1. The van der Waals surface area contributed by atoms with Crippen LogP contribution in [0.3, 0.4) is 0 Å². The van der Waals surface area contributed by atoms with Crippen LogP contribution in [-0.2, 0) is 20.9 Å². The number of benzene rings is 4. The zero-order valence-electron chi connectivity index (χ0n) is 34.9. The van der Waals surface area contributed by atoms with Crippen molar-refractivity contribution in [1.29, 1.82) is 0 Å². The van der Waals surface area contributed by atoms with E-state index in [1.54, 1.807) is 30.3 Å². The fourth-order valence-corrected chi connectivity index (χ4v) is 8.08. The molecule has 0 spiro atoms. The third-order valence-corrected chi connectivity index (χ3v) is 11.7. The monoisotopic (exact) mass is 860 g/mol. The summed E-state index contributed by atoms with van der Waals surface area (Å²) in [5.41, 5.74) is 2.96. The lowest BCUT2D eigenvalue weighted by atomic mass is 9.86. The molecule has 8 rings (SSSR count). The number of H-pyrrole nitrogens is 1. The fraction of sp³-hybridized carbons (Fsp3) is 0.340. The number of carbonyl (C=O) groups is 4. The highest BCUT2D eigenvalue weighted by molar-refractivity contribution is 5.97. The molecular weight excluding hydrogens is 809 g/mol. The molecule has 4 atom stereocenters. The van der Waals surface area contributed by atoms with E-state index in [1.165, 1.54) is 30.1 Å². The van der Waals surface area contributed by atoms with Crippen LogP contribution in [-0.4, -0.2) is 112 Å². The number of pyridine rings is 1. The number of piperidine rings is 3. The maximum atomic E-state index is 13.2. The second-order valence-corrected chi connectivity index (χ2v) is 16.0. The topological polar surface area (TPSA) is 223 Å². The summed E-state index contributed by atoms with van der Waals surface area (Å²) < 4.78 is 12.1. The molecule has 5 aromatic rings. The molecule has 3 fully saturated rings. The highest BCUT2D eigenvalue weighted by Crippen LogP contribution is 2.31. The Kier molecular flexibility index (Phi) is 14.4. The lowest BCUT2D eigenvalue weighted by molar-refractivity contribution is -0.142. The van der Waals surface area contributed by atoms with Gasteiger partial charge in [-0.3, -0.25) is 19.3 Å². The van der Waals surface area contributed by atoms with Gasteiger partial charge in [-0.2, -0.15) is 0 Å². The Bertz CT molecular complexity index is 2460. The molecule has 7 N–H and O–H groups in total. The Morgan fingerprint density at radius 1 is 0.905 bits per heavy atom. The average Bonchev–Trinajstić information content (AvgIpc) is 3.29. The summed E-state index contributed by atoms with van der Waals surface area (Å²) in [5, 5.41) is 39.8. The van der Waals surface area contributed by atoms with Gasteiger partial charge in [-0.25, -0.2) is 9.59 Å². The van der Waals surface area contributed by atoms with Crippen molar-refractivity contribution in [2.24, 2.45) is 5.92 Å². The number of likely N-dealkylation sites (N-methyl/N-ethyl adjacent to an activating group) is 1. The molecule has 16 heteroatoms. The number of rotatable bonds is 18. The minimum atomic E-state index is -1.48. The first kappa shape index (κ1) is 44.3. The van der Waals surface area contributed by atoms with Crippen LogP contribution in [0.4, 0.5) is 4.79 Å². The van der Waals surface area contributed by atoms with Crippen LogP contribution in [0.5, 0.6) is 11.5 Å². The molecule has 4 heterocycles. The van der Waals surface area contributed by atoms with Crippen LogP contribution in [0.15, 0.2) is 108 Å². The molecule has 16 nitrogen and oxygen atoms in total. The number of carbonyl (C=O) groups excluding carboxylic acids is 3. The number of fused-ring (bicyclic) bond motifs is 4. The van der Waals surface area contributed by atoms with Gasteiger partial charge < -0.3 is 50.6 Å². The predicted molar refractivity (Wildman–Crippen MR) is 233 cm³/mol. The molecule has 330 valence electrons. The van der Waals surface area contributed by atoms with E-state index in [0.717, 1.165) is 49.2 Å². The van der Waals surface area contributed by atoms with Crippen molar-refractivity contribution in [3.8, 4) is 11.5 Å². The van der Waals surface area contributed by atoms with Crippen molar-refractivity contribution in [3.05, 3.63) is 141 Å². The molecule has 2 unspecified atom stereocenters. The molecule has 3 aliphatic heterocycles. The fourth-order valence-electron chi connectivity index (χ4n) is 8.08. The van der Waals surface area contributed by atoms with Crippen LogP contribution in [0.2, 0.25) is 0 Å². The van der Waals surface area contributed by atoms with E-state index in [-0.39, 0.29) is 54.7 Å². The highest BCUT2D eigenvalue weighted by Gasteiger charge is 2.37. The molecule has 3 saturated heterocycles. The first-order valence-electron chi connectivity index (χ1n) is 21.0. The van der Waals surface area contributed by atoms with Gasteiger partial charge in [-0.05, 0) is 90.5 Å². The number of carboxylic acids is 1. The zero-order chi connectivity index (χ0) is 44.5. The van der Waals surface area contributed by atoms with E-state index in [1.807, 2.05) is 54.6 Å². The Balaban J connectivity index is 0.878. The van der Waals surface area contributed by atoms with Gasteiger partial charge in [0, 0.05) is 50.2 Å². The number of phenols is 1. The van der Waals surface area contributed by atoms with Gasteiger partial charge in [0.25, 0.3) is 5.91 Å². The molecule has 2 bridgehead atoms. The number of aromatic amines is 1. The number of aliphatic hydroxyl groups is 1. The third-order valence-electron chi connectivity index (χ3n) is 11.7. The second-order valence-electron chi connectivity index (χ2n) is 16.0. The maximum absolute atomic E-state index is 13.2. The summed E-state index contributed by atoms with van der Waals surface area (Å²) in [6, 6.07) is 27.4. The first-order valence-corrected chi connectivity index (χ1v) is 21.0. The molecule has 3 amide bonds. The molecule has 3 aliphatic rings. The number of ether oxygens (including phenoxy) is 2. The predicted octanol–water partition coefficient (Wildman–Crippen LogP) is 4.08. The van der Waals surface area contributed by atoms with E-state index >= 15 is 0 Å². The zero-order valence-corrected chi connectivity index (χ0v) is 34.9. The van der Waals surface area contributed by atoms with Gasteiger partial charge in [0.2, 0.25) is 11.5 Å². The van der Waals surface area contributed by atoms with E-state index in [9.17, 15) is 39.3 Å². The third kappa shape index (κ3) is 11.4. The summed E-state index contributed by atoms with van der Waals surface area (Å²) in [5.74, 6) is -1.70. The van der Waals surface area contributed by atoms with Gasteiger partial charge >= 0.3 is 12.1 Å². The number of aromatic hydroxyl groups is 1. The van der Waals surface area contributed by atoms with E-state index in [2.05, 4.69) is 25.8 Å². The van der Waals surface area contributed by atoms with Crippen molar-refractivity contribution in [1.82, 2.24) is 30.7 Å². The minimum absolute atomic E-state index is 0.0962. The minimum Gasteiger partial charge on any atom is -0.506 e. The number of aliphatic carboxylic acids is 1. The Labute approximate surface area is 363 Å². The molecule has 0 radical (unpaired) electrons. The number of aromatic nitrogens is 1. The molecule has 63 heavy (non-hydrogen) atoms. The van der Waals surface area contributed by atoms with Crippen LogP contribution < -0.4 is 26.2 Å². The Hall–Kier alpha value is -6.75. The van der Waals surface area contributed by atoms with Crippen molar-refractivity contribution in [2.45, 2.75) is 50.2 Å². The van der Waals surface area contributed by atoms with Crippen LogP contribution in [0.25, 0.3) is 10.9 Å². The Morgan fingerprint density at radius 3 is 2.37 bits per heavy atom. The SMILES string of the molecule is CN(CCNC[C@@H](O)c1ccc(O)c2[nH]c(=O)ccc12)C(=O)CC(NC(=O)c1ccc(COc2cccc(C(NC(=O)O[C@H]3CN4CCC3CC4)c3ccccc3)c2)cc1)C(=O)O. The number of carboxylic acid groups (broad SMARTS) is 1. The highest BCUT2D eigenvalue weighted by atomic mass is 16.6. The lowest BCUT2D eigenvalue weighted by Gasteiger charge is -2.43. The molecule has 0 aliphatic carbocycles. The molecule has 0 saturated carbocycles. The number of nitrogens with zero attached hydrogens (tertiary/aromatic N) is 2.